The van der Waals surface area contributed by atoms with Crippen LogP contribution >= 0.6 is 0 Å². The first-order chi connectivity index (χ1) is 13.7. The van der Waals surface area contributed by atoms with Crippen molar-refractivity contribution >= 4 is 17.8 Å². The van der Waals surface area contributed by atoms with Crippen LogP contribution in [0, 0.1) is 17.2 Å². The number of ether oxygens (including phenoxy) is 1. The highest BCUT2D eigenvalue weighted by atomic mass is 16.5. The number of hydrogen-bond acceptors (Lipinski definition) is 6. The van der Waals surface area contributed by atoms with Crippen molar-refractivity contribution in [3.63, 3.8) is 0 Å². The third-order valence-corrected chi connectivity index (χ3v) is 4.09. The molecule has 0 aliphatic carbocycles. The molecule has 156 valence electrons. The van der Waals surface area contributed by atoms with Crippen LogP contribution in [0.5, 0.6) is 0 Å². The van der Waals surface area contributed by atoms with Crippen LogP contribution in [0.3, 0.4) is 0 Å². The van der Waals surface area contributed by atoms with Crippen molar-refractivity contribution in [2.24, 2.45) is 5.92 Å². The molecule has 1 aromatic rings. The maximum absolute atomic E-state index is 12.8. The van der Waals surface area contributed by atoms with Gasteiger partial charge in [0.15, 0.2) is 5.57 Å². The van der Waals surface area contributed by atoms with Gasteiger partial charge in [-0.1, -0.05) is 44.2 Å². The minimum atomic E-state index is -1.05. The number of carbonyl (C=O) groups excluding carboxylic acids is 3. The molecule has 0 heterocycles. The first kappa shape index (κ1) is 23.7. The molecule has 0 aliphatic heterocycles. The molecule has 29 heavy (non-hydrogen) atoms. The zero-order chi connectivity index (χ0) is 22.0. The Balaban J connectivity index is 3.24. The van der Waals surface area contributed by atoms with Gasteiger partial charge < -0.3 is 20.5 Å². The highest BCUT2D eigenvalue weighted by molar-refractivity contribution is 5.93. The third kappa shape index (κ3) is 7.66. The van der Waals surface area contributed by atoms with E-state index in [1.54, 1.807) is 30.3 Å². The van der Waals surface area contributed by atoms with Crippen molar-refractivity contribution in [2.75, 3.05) is 7.11 Å². The van der Waals surface area contributed by atoms with Crippen molar-refractivity contribution in [1.29, 1.82) is 5.26 Å². The van der Waals surface area contributed by atoms with E-state index in [2.05, 4.69) is 15.4 Å². The van der Waals surface area contributed by atoms with Crippen molar-refractivity contribution in [3.05, 3.63) is 47.2 Å². The summed E-state index contributed by atoms with van der Waals surface area (Å²) in [6.45, 7) is 5.13. The molecule has 0 saturated carbocycles. The summed E-state index contributed by atoms with van der Waals surface area (Å²) in [6.07, 6.45) is 0.519. The van der Waals surface area contributed by atoms with Gasteiger partial charge in [-0.05, 0) is 24.3 Å². The van der Waals surface area contributed by atoms with Crippen LogP contribution in [0.1, 0.15) is 32.8 Å². The molecule has 1 aromatic carbocycles. The van der Waals surface area contributed by atoms with Gasteiger partial charge in [0.1, 0.15) is 17.9 Å². The Morgan fingerprint density at radius 2 is 1.76 bits per heavy atom. The summed E-state index contributed by atoms with van der Waals surface area (Å²) in [5.41, 5.74) is 0.181. The van der Waals surface area contributed by atoms with Crippen LogP contribution in [0.15, 0.2) is 41.7 Å². The van der Waals surface area contributed by atoms with Crippen LogP contribution in [0.4, 0.5) is 0 Å². The average Bonchev–Trinajstić information content (AvgIpc) is 2.67. The van der Waals surface area contributed by atoms with E-state index in [1.165, 1.54) is 6.92 Å². The second kappa shape index (κ2) is 11.5. The molecule has 3 N–H and O–H groups in total. The van der Waals surface area contributed by atoms with E-state index in [-0.39, 0.29) is 18.2 Å². The van der Waals surface area contributed by atoms with Gasteiger partial charge in [-0.25, -0.2) is 4.79 Å². The Labute approximate surface area is 170 Å². The fourth-order valence-electron chi connectivity index (χ4n) is 2.77. The lowest BCUT2D eigenvalue weighted by molar-refractivity contribution is -0.136. The van der Waals surface area contributed by atoms with Gasteiger partial charge in [0, 0.05) is 6.92 Å². The second-order valence-corrected chi connectivity index (χ2v) is 7.00. The normalized spacial score (nSPS) is 13.5. The van der Waals surface area contributed by atoms with Gasteiger partial charge in [-0.3, -0.25) is 9.59 Å². The summed E-state index contributed by atoms with van der Waals surface area (Å²) < 4.78 is 4.53. The quantitative estimate of drug-likeness (QED) is 0.250. The van der Waals surface area contributed by atoms with Gasteiger partial charge in [0.05, 0.1) is 13.2 Å². The smallest absolute Gasteiger partial charge is 0.352 e. The molecule has 2 atom stereocenters. The predicted molar refractivity (Wildman–Crippen MR) is 106 cm³/mol. The zero-order valence-electron chi connectivity index (χ0n) is 17.1. The monoisotopic (exact) mass is 401 g/mol. The number of methoxy groups -OCH3 is 1. The third-order valence-electron chi connectivity index (χ3n) is 4.09. The summed E-state index contributed by atoms with van der Waals surface area (Å²) >= 11 is 0. The Bertz CT molecular complexity index is 796. The molecule has 0 bridgehead atoms. The minimum Gasteiger partial charge on any atom is -0.508 e. The van der Waals surface area contributed by atoms with Crippen molar-refractivity contribution in [1.82, 2.24) is 10.6 Å². The maximum atomic E-state index is 12.8. The van der Waals surface area contributed by atoms with Gasteiger partial charge in [-0.15, -0.1) is 0 Å². The van der Waals surface area contributed by atoms with Crippen LogP contribution in [0.25, 0.3) is 0 Å². The van der Waals surface area contributed by atoms with E-state index in [0.717, 1.165) is 12.7 Å². The van der Waals surface area contributed by atoms with E-state index in [9.17, 15) is 24.8 Å². The van der Waals surface area contributed by atoms with E-state index in [1.807, 2.05) is 19.9 Å². The van der Waals surface area contributed by atoms with E-state index in [0.29, 0.717) is 6.42 Å². The lowest BCUT2D eigenvalue weighted by Gasteiger charge is -2.24. The molecule has 1 unspecified atom stereocenters. The summed E-state index contributed by atoms with van der Waals surface area (Å²) in [5, 5.41) is 25.1. The first-order valence-electron chi connectivity index (χ1n) is 9.22. The molecular formula is C21H27N3O5. The maximum Gasteiger partial charge on any atom is 0.352 e. The lowest BCUT2D eigenvalue weighted by atomic mass is 9.99. The number of nitriles is 1. The zero-order valence-corrected chi connectivity index (χ0v) is 17.1. The number of aliphatic hydroxyl groups is 1. The number of nitrogens with zero attached hydrogens (tertiary/aromatic N) is 1. The Hall–Kier alpha value is -3.34. The summed E-state index contributed by atoms with van der Waals surface area (Å²) in [6, 6.07) is 8.72. The Morgan fingerprint density at radius 1 is 1.14 bits per heavy atom. The number of rotatable bonds is 9. The second-order valence-electron chi connectivity index (χ2n) is 7.00. The highest BCUT2D eigenvalue weighted by Crippen LogP contribution is 2.15. The molecule has 8 heteroatoms. The largest absolute Gasteiger partial charge is 0.508 e. The number of aliphatic hydroxyl groups excluding tert-OH is 1. The Kier molecular flexibility index (Phi) is 9.39. The summed E-state index contributed by atoms with van der Waals surface area (Å²) in [4.78, 5) is 36.1. The number of benzene rings is 1. The van der Waals surface area contributed by atoms with Gasteiger partial charge >= 0.3 is 5.97 Å². The number of amides is 2. The molecule has 8 nitrogen and oxygen atoms in total. The lowest BCUT2D eigenvalue weighted by Crippen LogP contribution is -2.51. The molecule has 0 aliphatic rings. The van der Waals surface area contributed by atoms with Crippen molar-refractivity contribution in [2.45, 2.75) is 45.7 Å². The van der Waals surface area contributed by atoms with Crippen LogP contribution in [0.2, 0.25) is 0 Å². The topological polar surface area (TPSA) is 129 Å². The minimum absolute atomic E-state index is 0.124. The van der Waals surface area contributed by atoms with Crippen LogP contribution in [-0.2, 0) is 25.5 Å². The van der Waals surface area contributed by atoms with Crippen LogP contribution < -0.4 is 10.6 Å². The summed E-state index contributed by atoms with van der Waals surface area (Å²) in [7, 11) is 1.09. The number of esters is 1. The molecular weight excluding hydrogens is 374 g/mol. The molecule has 0 aromatic heterocycles. The molecule has 0 spiro atoms. The fourth-order valence-corrected chi connectivity index (χ4v) is 2.77. The van der Waals surface area contributed by atoms with Crippen LogP contribution in [-0.4, -0.2) is 42.1 Å². The SMILES string of the molecule is COC(=O)C(C#N)=C(O)[C@H](Cc1ccccc1)NC(=O)C(CC(C)C)NC(C)=O. The fraction of sp³-hybridized carbons (Fsp3) is 0.429. The summed E-state index contributed by atoms with van der Waals surface area (Å²) in [5.74, 6) is -2.36. The average molecular weight is 401 g/mol. The number of hydrogen-bond donors (Lipinski definition) is 3. The molecule has 0 saturated heterocycles. The molecule has 0 radical (unpaired) electrons. The predicted octanol–water partition coefficient (Wildman–Crippen LogP) is 1.77. The van der Waals surface area contributed by atoms with E-state index < -0.39 is 35.3 Å². The highest BCUT2D eigenvalue weighted by Gasteiger charge is 2.28. The van der Waals surface area contributed by atoms with Gasteiger partial charge in [0.2, 0.25) is 11.8 Å². The Morgan fingerprint density at radius 3 is 2.24 bits per heavy atom. The van der Waals surface area contributed by atoms with Crippen molar-refractivity contribution in [3.8, 4) is 6.07 Å². The molecule has 0 fully saturated rings. The number of nitrogens with one attached hydrogen (secondary N) is 2. The molecule has 2 amide bonds. The number of carbonyl (C=O) groups is 3. The van der Waals surface area contributed by atoms with Gasteiger partial charge in [-0.2, -0.15) is 5.26 Å². The van der Waals surface area contributed by atoms with Crippen molar-refractivity contribution < 1.29 is 24.2 Å². The van der Waals surface area contributed by atoms with E-state index >= 15 is 0 Å². The molecule has 1 rings (SSSR count). The first-order valence-corrected chi connectivity index (χ1v) is 9.22. The van der Waals surface area contributed by atoms with E-state index in [4.69, 9.17) is 0 Å². The van der Waals surface area contributed by atoms with Gasteiger partial charge in [0.25, 0.3) is 0 Å². The standard InChI is InChI=1S/C21H27N3O5/c1-13(2)10-18(23-14(3)25)20(27)24-17(11-15-8-6-5-7-9-15)19(26)16(12-22)21(28)29-4/h5-9,13,17-18,26H,10-11H2,1-4H3,(H,23,25)(H,24,27)/t17-,18?/m0/s1.